The van der Waals surface area contributed by atoms with Gasteiger partial charge in [-0.25, -0.2) is 0 Å². The molecule has 0 spiro atoms. The van der Waals surface area contributed by atoms with Crippen LogP contribution in [0.4, 0.5) is 0 Å². The van der Waals surface area contributed by atoms with Crippen molar-refractivity contribution in [1.82, 2.24) is 0 Å². The summed E-state index contributed by atoms with van der Waals surface area (Å²) in [5.74, 6) is 2.15. The fraction of sp³-hybridized carbons (Fsp3) is 0.625. The van der Waals surface area contributed by atoms with Crippen LogP contribution in [-0.4, -0.2) is 13.7 Å². The summed E-state index contributed by atoms with van der Waals surface area (Å²) >= 11 is 5.92. The van der Waals surface area contributed by atoms with Crippen molar-refractivity contribution in [3.05, 3.63) is 23.8 Å². The van der Waals surface area contributed by atoms with Crippen molar-refractivity contribution < 1.29 is 9.47 Å². The molecule has 1 rings (SSSR count). The van der Waals surface area contributed by atoms with Crippen LogP contribution in [0.1, 0.15) is 51.0 Å². The average Bonchev–Trinajstić information content (AvgIpc) is 2.46. The van der Waals surface area contributed by atoms with Gasteiger partial charge in [0.2, 0.25) is 0 Å². The summed E-state index contributed by atoms with van der Waals surface area (Å²) in [5, 5.41) is 0. The normalized spacial score (nSPS) is 10.5. The zero-order valence-electron chi connectivity index (χ0n) is 12.1. The predicted molar refractivity (Wildman–Crippen MR) is 81.4 cm³/mol. The molecular weight excluding hydrogens is 260 g/mol. The molecule has 0 saturated heterocycles. The maximum Gasteiger partial charge on any atom is 0.123 e. The Kier molecular flexibility index (Phi) is 8.48. The van der Waals surface area contributed by atoms with Crippen molar-refractivity contribution in [3.63, 3.8) is 0 Å². The topological polar surface area (TPSA) is 18.5 Å². The summed E-state index contributed by atoms with van der Waals surface area (Å²) < 4.78 is 11.0. The lowest BCUT2D eigenvalue weighted by molar-refractivity contribution is 0.301. The highest BCUT2D eigenvalue weighted by molar-refractivity contribution is 6.17. The van der Waals surface area contributed by atoms with Crippen molar-refractivity contribution in [3.8, 4) is 11.5 Å². The van der Waals surface area contributed by atoms with Crippen LogP contribution in [0.3, 0.4) is 0 Å². The average molecular weight is 285 g/mol. The van der Waals surface area contributed by atoms with Crippen molar-refractivity contribution in [2.24, 2.45) is 0 Å². The summed E-state index contributed by atoms with van der Waals surface area (Å²) in [5.41, 5.74) is 0.993. The molecule has 2 nitrogen and oxygen atoms in total. The van der Waals surface area contributed by atoms with Gasteiger partial charge in [0.1, 0.15) is 11.5 Å². The van der Waals surface area contributed by atoms with E-state index < -0.39 is 0 Å². The Labute approximate surface area is 122 Å². The first kappa shape index (κ1) is 16.2. The second-order valence-corrected chi connectivity index (χ2v) is 4.99. The minimum absolute atomic E-state index is 0.447. The van der Waals surface area contributed by atoms with E-state index in [9.17, 15) is 0 Å². The summed E-state index contributed by atoms with van der Waals surface area (Å²) in [6, 6.07) is 5.78. The van der Waals surface area contributed by atoms with Crippen LogP contribution >= 0.6 is 11.6 Å². The minimum Gasteiger partial charge on any atom is -0.497 e. The van der Waals surface area contributed by atoms with Crippen LogP contribution < -0.4 is 9.47 Å². The molecule has 0 radical (unpaired) electrons. The monoisotopic (exact) mass is 284 g/mol. The first-order valence-corrected chi connectivity index (χ1v) is 7.71. The van der Waals surface area contributed by atoms with Gasteiger partial charge in [-0.05, 0) is 24.6 Å². The summed E-state index contributed by atoms with van der Waals surface area (Å²) in [6.45, 7) is 3.00. The zero-order chi connectivity index (χ0) is 13.9. The Morgan fingerprint density at radius 3 is 2.47 bits per heavy atom. The lowest BCUT2D eigenvalue weighted by atomic mass is 10.1. The van der Waals surface area contributed by atoms with Gasteiger partial charge in [-0.2, -0.15) is 0 Å². The highest BCUT2D eigenvalue weighted by Gasteiger charge is 2.04. The smallest absolute Gasteiger partial charge is 0.123 e. The number of alkyl halides is 1. The van der Waals surface area contributed by atoms with Gasteiger partial charge < -0.3 is 9.47 Å². The second kappa shape index (κ2) is 9.96. The molecule has 19 heavy (non-hydrogen) atoms. The molecule has 0 fully saturated rings. The maximum absolute atomic E-state index is 5.92. The number of ether oxygens (including phenoxy) is 2. The van der Waals surface area contributed by atoms with Gasteiger partial charge in [0.15, 0.2) is 0 Å². The summed E-state index contributed by atoms with van der Waals surface area (Å²) in [6.07, 6.45) is 7.63. The largest absolute Gasteiger partial charge is 0.497 e. The third-order valence-electron chi connectivity index (χ3n) is 3.17. The molecule has 0 atom stereocenters. The van der Waals surface area contributed by atoms with Gasteiger partial charge in [-0.1, -0.05) is 39.0 Å². The molecule has 0 aliphatic heterocycles. The highest BCUT2D eigenvalue weighted by atomic mass is 35.5. The van der Waals surface area contributed by atoms with E-state index in [1.807, 2.05) is 18.2 Å². The lowest BCUT2D eigenvalue weighted by Crippen LogP contribution is -2.00. The van der Waals surface area contributed by atoms with E-state index >= 15 is 0 Å². The quantitative estimate of drug-likeness (QED) is 0.436. The molecule has 0 amide bonds. The van der Waals surface area contributed by atoms with E-state index in [0.29, 0.717) is 5.88 Å². The van der Waals surface area contributed by atoms with Crippen LogP contribution in [-0.2, 0) is 5.88 Å². The van der Waals surface area contributed by atoms with Gasteiger partial charge in [0.25, 0.3) is 0 Å². The minimum atomic E-state index is 0.447. The lowest BCUT2D eigenvalue weighted by Gasteiger charge is -2.11. The van der Waals surface area contributed by atoms with Crippen molar-refractivity contribution in [1.29, 1.82) is 0 Å². The molecule has 0 heterocycles. The third-order valence-corrected chi connectivity index (χ3v) is 3.46. The molecule has 0 N–H and O–H groups in total. The fourth-order valence-corrected chi connectivity index (χ4v) is 2.20. The van der Waals surface area contributed by atoms with Crippen LogP contribution in [0.15, 0.2) is 18.2 Å². The van der Waals surface area contributed by atoms with Gasteiger partial charge >= 0.3 is 0 Å². The third kappa shape index (κ3) is 6.20. The molecule has 0 aliphatic rings. The number of hydrogen-bond acceptors (Lipinski definition) is 2. The molecule has 0 aromatic heterocycles. The number of halogens is 1. The molecule has 1 aromatic rings. The van der Waals surface area contributed by atoms with E-state index in [-0.39, 0.29) is 0 Å². The molecule has 108 valence electrons. The van der Waals surface area contributed by atoms with Gasteiger partial charge in [0.05, 0.1) is 19.6 Å². The zero-order valence-corrected chi connectivity index (χ0v) is 12.8. The first-order valence-electron chi connectivity index (χ1n) is 7.17. The van der Waals surface area contributed by atoms with Crippen LogP contribution in [0, 0.1) is 0 Å². The number of unbranched alkanes of at least 4 members (excludes halogenated alkanes) is 5. The predicted octanol–water partition coefficient (Wildman–Crippen LogP) is 5.17. The van der Waals surface area contributed by atoms with E-state index in [4.69, 9.17) is 21.1 Å². The number of benzene rings is 1. The van der Waals surface area contributed by atoms with Crippen molar-refractivity contribution >= 4 is 11.6 Å². The van der Waals surface area contributed by atoms with Crippen molar-refractivity contribution in [2.75, 3.05) is 13.7 Å². The molecule has 3 heteroatoms. The molecule has 0 saturated carbocycles. The Bertz CT molecular complexity index is 353. The number of hydrogen-bond donors (Lipinski definition) is 0. The van der Waals surface area contributed by atoms with Crippen LogP contribution in [0.5, 0.6) is 11.5 Å². The maximum atomic E-state index is 5.92. The number of methoxy groups -OCH3 is 1. The summed E-state index contributed by atoms with van der Waals surface area (Å²) in [7, 11) is 1.66. The SMILES string of the molecule is CCCCCCCCOc1ccc(OC)cc1CCl. The van der Waals surface area contributed by atoms with Gasteiger partial charge in [0, 0.05) is 5.56 Å². The Hall–Kier alpha value is -0.890. The van der Waals surface area contributed by atoms with E-state index in [2.05, 4.69) is 6.92 Å². The number of rotatable bonds is 10. The molecular formula is C16H25ClO2. The molecule has 0 unspecified atom stereocenters. The first-order chi connectivity index (χ1) is 9.31. The highest BCUT2D eigenvalue weighted by Crippen LogP contribution is 2.25. The van der Waals surface area contributed by atoms with E-state index in [1.54, 1.807) is 7.11 Å². The molecule has 1 aromatic carbocycles. The van der Waals surface area contributed by atoms with E-state index in [1.165, 1.54) is 32.1 Å². The summed E-state index contributed by atoms with van der Waals surface area (Å²) in [4.78, 5) is 0. The Morgan fingerprint density at radius 2 is 1.79 bits per heavy atom. The fourth-order valence-electron chi connectivity index (χ4n) is 1.99. The molecule has 0 aliphatic carbocycles. The van der Waals surface area contributed by atoms with Crippen LogP contribution in [0.25, 0.3) is 0 Å². The van der Waals surface area contributed by atoms with Gasteiger partial charge in [-0.3, -0.25) is 0 Å². The van der Waals surface area contributed by atoms with E-state index in [0.717, 1.165) is 30.1 Å². The van der Waals surface area contributed by atoms with Crippen LogP contribution in [0.2, 0.25) is 0 Å². The Balaban J connectivity index is 2.28. The second-order valence-electron chi connectivity index (χ2n) is 4.72. The van der Waals surface area contributed by atoms with Gasteiger partial charge in [-0.15, -0.1) is 11.6 Å². The Morgan fingerprint density at radius 1 is 1.05 bits per heavy atom. The van der Waals surface area contributed by atoms with Crippen molar-refractivity contribution in [2.45, 2.75) is 51.3 Å². The standard InChI is InChI=1S/C16H25ClO2/c1-3-4-5-6-7-8-11-19-16-10-9-15(18-2)12-14(16)13-17/h9-10,12H,3-8,11,13H2,1-2H3. The molecule has 0 bridgehead atoms.